The molecule has 0 aliphatic carbocycles. The first-order chi connectivity index (χ1) is 10.6. The van der Waals surface area contributed by atoms with E-state index in [1.807, 2.05) is 12.1 Å². The van der Waals surface area contributed by atoms with Crippen LogP contribution < -0.4 is 5.32 Å². The molecule has 22 heavy (non-hydrogen) atoms. The van der Waals surface area contributed by atoms with E-state index in [0.29, 0.717) is 10.6 Å². The van der Waals surface area contributed by atoms with Gasteiger partial charge in [-0.3, -0.25) is 4.79 Å². The summed E-state index contributed by atoms with van der Waals surface area (Å²) in [6.45, 7) is 0. The van der Waals surface area contributed by atoms with Crippen molar-refractivity contribution in [1.82, 2.24) is 0 Å². The number of thiophene rings is 1. The summed E-state index contributed by atoms with van der Waals surface area (Å²) in [7, 11) is 0. The van der Waals surface area contributed by atoms with Gasteiger partial charge >= 0.3 is 0 Å². The molecule has 0 unspecified atom stereocenters. The normalized spacial score (nSPS) is 10.4. The molecule has 0 fully saturated rings. The highest BCUT2D eigenvalue weighted by atomic mass is 32.1. The molecule has 0 atom stereocenters. The summed E-state index contributed by atoms with van der Waals surface area (Å²) >= 11 is 1.31. The first kappa shape index (κ1) is 14.3. The van der Waals surface area contributed by atoms with Crippen LogP contribution in [0, 0.1) is 5.82 Å². The summed E-state index contributed by atoms with van der Waals surface area (Å²) in [6, 6.07) is 16.1. The van der Waals surface area contributed by atoms with E-state index in [-0.39, 0.29) is 11.7 Å². The molecular formula is C17H12FNO2S. The van der Waals surface area contributed by atoms with Crippen LogP contribution in [0.5, 0.6) is 5.75 Å². The van der Waals surface area contributed by atoms with Crippen molar-refractivity contribution in [2.75, 3.05) is 5.32 Å². The topological polar surface area (TPSA) is 49.3 Å². The summed E-state index contributed by atoms with van der Waals surface area (Å²) < 4.78 is 13.1. The summed E-state index contributed by atoms with van der Waals surface area (Å²) in [5, 5.41) is 12.2. The van der Waals surface area contributed by atoms with Crippen molar-refractivity contribution in [1.29, 1.82) is 0 Å². The van der Waals surface area contributed by atoms with E-state index in [1.165, 1.54) is 29.5 Å². The molecule has 0 aliphatic heterocycles. The number of aromatic hydroxyl groups is 1. The number of hydrogen-bond acceptors (Lipinski definition) is 3. The largest absolute Gasteiger partial charge is 0.508 e. The fraction of sp³-hybridized carbons (Fsp3) is 0. The molecule has 0 saturated heterocycles. The maximum absolute atomic E-state index is 13.1. The fourth-order valence-electron chi connectivity index (χ4n) is 2.03. The van der Waals surface area contributed by atoms with Crippen LogP contribution in [-0.2, 0) is 0 Å². The molecule has 5 heteroatoms. The van der Waals surface area contributed by atoms with Crippen LogP contribution in [0.1, 0.15) is 9.67 Å². The van der Waals surface area contributed by atoms with Crippen LogP contribution in [0.2, 0.25) is 0 Å². The standard InChI is InChI=1S/C17H12FNO2S/c18-12-4-2-5-13(10-12)19-17(21)16-8-7-15(22-16)11-3-1-6-14(20)9-11/h1-10,20H,(H,19,21). The van der Waals surface area contributed by atoms with Crippen molar-refractivity contribution in [3.63, 3.8) is 0 Å². The van der Waals surface area contributed by atoms with E-state index in [1.54, 1.807) is 30.3 Å². The average molecular weight is 313 g/mol. The van der Waals surface area contributed by atoms with Gasteiger partial charge in [0, 0.05) is 10.6 Å². The number of halogens is 1. The quantitative estimate of drug-likeness (QED) is 0.747. The Balaban J connectivity index is 1.80. The number of carbonyl (C=O) groups is 1. The molecule has 1 heterocycles. The van der Waals surface area contributed by atoms with Crippen molar-refractivity contribution < 1.29 is 14.3 Å². The van der Waals surface area contributed by atoms with Gasteiger partial charge in [0.25, 0.3) is 5.91 Å². The van der Waals surface area contributed by atoms with Crippen LogP contribution in [0.3, 0.4) is 0 Å². The first-order valence-corrected chi connectivity index (χ1v) is 7.39. The summed E-state index contributed by atoms with van der Waals surface area (Å²) in [5.74, 6) is -0.511. The molecule has 0 aliphatic rings. The minimum absolute atomic E-state index is 0.177. The summed E-state index contributed by atoms with van der Waals surface area (Å²) in [5.41, 5.74) is 1.26. The maximum atomic E-state index is 13.1. The van der Waals surface area contributed by atoms with Crippen molar-refractivity contribution in [3.05, 3.63) is 71.4 Å². The fourth-order valence-corrected chi connectivity index (χ4v) is 2.93. The molecule has 1 aromatic heterocycles. The minimum atomic E-state index is -0.399. The predicted octanol–water partition coefficient (Wildman–Crippen LogP) is 4.51. The van der Waals surface area contributed by atoms with E-state index in [9.17, 15) is 14.3 Å². The second-order valence-electron chi connectivity index (χ2n) is 4.68. The van der Waals surface area contributed by atoms with Gasteiger partial charge in [-0.2, -0.15) is 0 Å². The van der Waals surface area contributed by atoms with Gasteiger partial charge in [-0.25, -0.2) is 4.39 Å². The number of phenolic OH excluding ortho intramolecular Hbond substituents is 1. The molecule has 1 amide bonds. The van der Waals surface area contributed by atoms with Gasteiger partial charge in [0.15, 0.2) is 0 Å². The van der Waals surface area contributed by atoms with Crippen molar-refractivity contribution in [3.8, 4) is 16.2 Å². The van der Waals surface area contributed by atoms with Gasteiger partial charge in [0.1, 0.15) is 11.6 Å². The molecule has 110 valence electrons. The molecule has 3 nitrogen and oxygen atoms in total. The van der Waals surface area contributed by atoms with E-state index in [2.05, 4.69) is 5.32 Å². The third-order valence-electron chi connectivity index (χ3n) is 3.04. The zero-order valence-electron chi connectivity index (χ0n) is 11.4. The van der Waals surface area contributed by atoms with Crippen LogP contribution in [0.15, 0.2) is 60.7 Å². The molecule has 0 saturated carbocycles. The zero-order chi connectivity index (χ0) is 15.5. The number of anilines is 1. The van der Waals surface area contributed by atoms with E-state index in [0.717, 1.165) is 10.4 Å². The molecule has 2 aromatic carbocycles. The number of rotatable bonds is 3. The lowest BCUT2D eigenvalue weighted by atomic mass is 10.2. The molecule has 0 radical (unpaired) electrons. The van der Waals surface area contributed by atoms with Gasteiger partial charge in [0.2, 0.25) is 0 Å². The molecule has 3 aromatic rings. The van der Waals surface area contributed by atoms with Gasteiger partial charge in [0.05, 0.1) is 4.88 Å². The average Bonchev–Trinajstić information content (AvgIpc) is 2.97. The Morgan fingerprint density at radius 1 is 1.05 bits per heavy atom. The Morgan fingerprint density at radius 3 is 2.64 bits per heavy atom. The molecule has 2 N–H and O–H groups in total. The van der Waals surface area contributed by atoms with Crippen molar-refractivity contribution >= 4 is 22.9 Å². The first-order valence-electron chi connectivity index (χ1n) is 6.58. The van der Waals surface area contributed by atoms with Crippen molar-refractivity contribution in [2.24, 2.45) is 0 Å². The summed E-state index contributed by atoms with van der Waals surface area (Å²) in [4.78, 5) is 13.6. The second-order valence-corrected chi connectivity index (χ2v) is 5.76. The van der Waals surface area contributed by atoms with Crippen LogP contribution in [0.4, 0.5) is 10.1 Å². The van der Waals surface area contributed by atoms with Gasteiger partial charge in [-0.1, -0.05) is 18.2 Å². The number of amides is 1. The molecular weight excluding hydrogens is 301 g/mol. The lowest BCUT2D eigenvalue weighted by molar-refractivity contribution is 0.103. The number of nitrogens with one attached hydrogen (secondary N) is 1. The summed E-state index contributed by atoms with van der Waals surface area (Å²) in [6.07, 6.45) is 0. The predicted molar refractivity (Wildman–Crippen MR) is 85.8 cm³/mol. The van der Waals surface area contributed by atoms with Gasteiger partial charge < -0.3 is 10.4 Å². The van der Waals surface area contributed by atoms with E-state index < -0.39 is 5.82 Å². The SMILES string of the molecule is O=C(Nc1cccc(F)c1)c1ccc(-c2cccc(O)c2)s1. The molecule has 0 spiro atoms. The number of phenols is 1. The maximum Gasteiger partial charge on any atom is 0.265 e. The van der Waals surface area contributed by atoms with Crippen LogP contribution in [0.25, 0.3) is 10.4 Å². The van der Waals surface area contributed by atoms with Gasteiger partial charge in [-0.05, 0) is 48.0 Å². The third kappa shape index (κ3) is 3.15. The lowest BCUT2D eigenvalue weighted by Gasteiger charge is -2.03. The highest BCUT2D eigenvalue weighted by Crippen LogP contribution is 2.30. The zero-order valence-corrected chi connectivity index (χ0v) is 12.2. The monoisotopic (exact) mass is 313 g/mol. The Hall–Kier alpha value is -2.66. The second kappa shape index (κ2) is 5.99. The highest BCUT2D eigenvalue weighted by molar-refractivity contribution is 7.17. The number of hydrogen-bond donors (Lipinski definition) is 2. The van der Waals surface area contributed by atoms with E-state index >= 15 is 0 Å². The van der Waals surface area contributed by atoms with Crippen LogP contribution >= 0.6 is 11.3 Å². The van der Waals surface area contributed by atoms with Gasteiger partial charge in [-0.15, -0.1) is 11.3 Å². The smallest absolute Gasteiger partial charge is 0.265 e. The Labute approximate surface area is 130 Å². The number of benzene rings is 2. The Kier molecular flexibility index (Phi) is 3.89. The molecule has 3 rings (SSSR count). The van der Waals surface area contributed by atoms with E-state index in [4.69, 9.17) is 0 Å². The lowest BCUT2D eigenvalue weighted by Crippen LogP contribution is -2.09. The highest BCUT2D eigenvalue weighted by Gasteiger charge is 2.11. The minimum Gasteiger partial charge on any atom is -0.508 e. The third-order valence-corrected chi connectivity index (χ3v) is 4.18. The Bertz CT molecular complexity index is 829. The Morgan fingerprint density at radius 2 is 1.86 bits per heavy atom. The molecule has 0 bridgehead atoms. The van der Waals surface area contributed by atoms with Crippen molar-refractivity contribution in [2.45, 2.75) is 0 Å². The number of carbonyl (C=O) groups excluding carboxylic acids is 1. The van der Waals surface area contributed by atoms with Crippen LogP contribution in [-0.4, -0.2) is 11.0 Å².